The molecule has 1 fully saturated rings. The van der Waals surface area contributed by atoms with Crippen LogP contribution in [0.1, 0.15) is 28.8 Å². The molecule has 2 aromatic carbocycles. The third-order valence-electron chi connectivity index (χ3n) is 3.74. The number of carbonyl (C=O) groups excluding carboxylic acids is 1. The van der Waals surface area contributed by atoms with Gasteiger partial charge in [-0.2, -0.15) is 0 Å². The van der Waals surface area contributed by atoms with Gasteiger partial charge >= 0.3 is 0 Å². The summed E-state index contributed by atoms with van der Waals surface area (Å²) in [6.45, 7) is 1.68. The quantitative estimate of drug-likeness (QED) is 0.872. The van der Waals surface area contributed by atoms with Crippen molar-refractivity contribution < 1.29 is 17.6 Å². The zero-order valence-electron chi connectivity index (χ0n) is 13.0. The van der Waals surface area contributed by atoms with E-state index in [0.29, 0.717) is 11.3 Å². The lowest BCUT2D eigenvalue weighted by molar-refractivity contribution is 0.102. The topological polar surface area (TPSA) is 75.3 Å². The Labute approximate surface area is 139 Å². The molecule has 0 bridgehead atoms. The number of hydrogen-bond acceptors (Lipinski definition) is 3. The van der Waals surface area contributed by atoms with E-state index in [4.69, 9.17) is 0 Å². The number of amides is 1. The lowest BCUT2D eigenvalue weighted by Crippen LogP contribution is -2.26. The van der Waals surface area contributed by atoms with Gasteiger partial charge in [0, 0.05) is 17.3 Å². The van der Waals surface area contributed by atoms with Crippen LogP contribution in [0.4, 0.5) is 10.1 Å². The Morgan fingerprint density at radius 1 is 1.17 bits per heavy atom. The first-order chi connectivity index (χ1) is 11.3. The summed E-state index contributed by atoms with van der Waals surface area (Å²) >= 11 is 0. The van der Waals surface area contributed by atoms with Crippen molar-refractivity contribution in [2.45, 2.75) is 30.7 Å². The van der Waals surface area contributed by atoms with E-state index in [1.54, 1.807) is 6.92 Å². The van der Waals surface area contributed by atoms with Crippen LogP contribution in [0.5, 0.6) is 0 Å². The normalized spacial score (nSPS) is 14.4. The third-order valence-corrected chi connectivity index (χ3v) is 5.26. The smallest absolute Gasteiger partial charge is 0.255 e. The van der Waals surface area contributed by atoms with Gasteiger partial charge in [-0.3, -0.25) is 4.79 Å². The second-order valence-corrected chi connectivity index (χ2v) is 7.55. The summed E-state index contributed by atoms with van der Waals surface area (Å²) < 4.78 is 40.1. The van der Waals surface area contributed by atoms with Gasteiger partial charge in [-0.1, -0.05) is 6.07 Å². The second-order valence-electron chi connectivity index (χ2n) is 5.84. The first-order valence-electron chi connectivity index (χ1n) is 7.55. The first kappa shape index (κ1) is 16.6. The van der Waals surface area contributed by atoms with Crippen LogP contribution >= 0.6 is 0 Å². The first-order valence-corrected chi connectivity index (χ1v) is 9.03. The number of sulfonamides is 1. The van der Waals surface area contributed by atoms with Crippen LogP contribution in [-0.4, -0.2) is 20.4 Å². The lowest BCUT2D eigenvalue weighted by atomic mass is 10.1. The van der Waals surface area contributed by atoms with Crippen molar-refractivity contribution in [3.63, 3.8) is 0 Å². The van der Waals surface area contributed by atoms with Gasteiger partial charge in [0.25, 0.3) is 5.91 Å². The van der Waals surface area contributed by atoms with Gasteiger partial charge in [-0.05, 0) is 61.7 Å². The van der Waals surface area contributed by atoms with E-state index >= 15 is 0 Å². The Kier molecular flexibility index (Phi) is 4.38. The molecule has 0 radical (unpaired) electrons. The van der Waals surface area contributed by atoms with Gasteiger partial charge in [-0.25, -0.2) is 17.5 Å². The molecule has 2 aromatic rings. The number of aryl methyl sites for hydroxylation is 1. The number of anilines is 1. The Balaban J connectivity index is 1.81. The van der Waals surface area contributed by atoms with Crippen LogP contribution in [0, 0.1) is 12.7 Å². The predicted molar refractivity (Wildman–Crippen MR) is 88.9 cm³/mol. The minimum Gasteiger partial charge on any atom is -0.322 e. The molecule has 1 amide bonds. The monoisotopic (exact) mass is 348 g/mol. The van der Waals surface area contributed by atoms with Crippen molar-refractivity contribution in [1.82, 2.24) is 4.72 Å². The zero-order chi connectivity index (χ0) is 17.3. The summed E-state index contributed by atoms with van der Waals surface area (Å²) in [5.41, 5.74) is 1.28. The maximum Gasteiger partial charge on any atom is 0.255 e. The van der Waals surface area contributed by atoms with Crippen molar-refractivity contribution in [3.8, 4) is 0 Å². The third kappa shape index (κ3) is 3.80. The Bertz CT molecular complexity index is 892. The zero-order valence-corrected chi connectivity index (χ0v) is 13.9. The molecule has 7 heteroatoms. The van der Waals surface area contributed by atoms with E-state index in [2.05, 4.69) is 10.0 Å². The van der Waals surface area contributed by atoms with Crippen molar-refractivity contribution >= 4 is 21.6 Å². The van der Waals surface area contributed by atoms with Gasteiger partial charge in [0.05, 0.1) is 4.90 Å². The molecule has 0 unspecified atom stereocenters. The number of carbonyl (C=O) groups is 1. The molecule has 126 valence electrons. The maximum atomic E-state index is 13.1. The van der Waals surface area contributed by atoms with Crippen molar-refractivity contribution in [2.75, 3.05) is 5.32 Å². The molecular weight excluding hydrogens is 331 g/mol. The van der Waals surface area contributed by atoms with E-state index in [1.165, 1.54) is 42.5 Å². The SMILES string of the molecule is Cc1cc(F)ccc1NC(=O)c1cccc(S(=O)(=O)NC2CC2)c1. The second kappa shape index (κ2) is 6.33. The lowest BCUT2D eigenvalue weighted by Gasteiger charge is -2.10. The van der Waals surface area contributed by atoms with Crippen LogP contribution in [0.2, 0.25) is 0 Å². The number of rotatable bonds is 5. The van der Waals surface area contributed by atoms with Gasteiger partial charge in [0.2, 0.25) is 10.0 Å². The highest BCUT2D eigenvalue weighted by molar-refractivity contribution is 7.89. The number of hydrogen-bond donors (Lipinski definition) is 2. The van der Waals surface area contributed by atoms with Crippen molar-refractivity contribution in [2.24, 2.45) is 0 Å². The summed E-state index contributed by atoms with van der Waals surface area (Å²) in [6.07, 6.45) is 1.67. The molecule has 1 saturated carbocycles. The molecule has 2 N–H and O–H groups in total. The molecule has 0 spiro atoms. The average Bonchev–Trinajstić information content (AvgIpc) is 3.33. The largest absolute Gasteiger partial charge is 0.322 e. The summed E-state index contributed by atoms with van der Waals surface area (Å²) in [5, 5.41) is 2.66. The molecule has 24 heavy (non-hydrogen) atoms. The molecule has 5 nitrogen and oxygen atoms in total. The van der Waals surface area contributed by atoms with Crippen LogP contribution in [0.3, 0.4) is 0 Å². The summed E-state index contributed by atoms with van der Waals surface area (Å²) in [4.78, 5) is 12.4. The van der Waals surface area contributed by atoms with Crippen molar-refractivity contribution in [1.29, 1.82) is 0 Å². The molecule has 0 atom stereocenters. The fraction of sp³-hybridized carbons (Fsp3) is 0.235. The summed E-state index contributed by atoms with van der Waals surface area (Å²) in [7, 11) is -3.62. The molecule has 3 rings (SSSR count). The maximum absolute atomic E-state index is 13.1. The van der Waals surface area contributed by atoms with E-state index < -0.39 is 15.9 Å². The minimum absolute atomic E-state index is 0.00523. The van der Waals surface area contributed by atoms with Crippen LogP contribution < -0.4 is 10.0 Å². The highest BCUT2D eigenvalue weighted by Gasteiger charge is 2.28. The number of benzene rings is 2. The van der Waals surface area contributed by atoms with E-state index in [1.807, 2.05) is 0 Å². The molecule has 1 aliphatic rings. The molecular formula is C17H17FN2O3S. The van der Waals surface area contributed by atoms with Crippen LogP contribution in [-0.2, 0) is 10.0 Å². The molecule has 0 aromatic heterocycles. The fourth-order valence-corrected chi connectivity index (χ4v) is 3.61. The minimum atomic E-state index is -3.62. The van der Waals surface area contributed by atoms with Crippen LogP contribution in [0.25, 0.3) is 0 Å². The van der Waals surface area contributed by atoms with Gasteiger partial charge in [-0.15, -0.1) is 0 Å². The van der Waals surface area contributed by atoms with Gasteiger partial charge in [0.1, 0.15) is 5.82 Å². The predicted octanol–water partition coefficient (Wildman–Crippen LogP) is 2.83. The summed E-state index contributed by atoms with van der Waals surface area (Å²) in [5.74, 6) is -0.835. The molecule has 0 heterocycles. The number of nitrogens with one attached hydrogen (secondary N) is 2. The van der Waals surface area contributed by atoms with E-state index in [9.17, 15) is 17.6 Å². The standard InChI is InChI=1S/C17H17FN2O3S/c1-11-9-13(18)5-8-16(11)19-17(21)12-3-2-4-15(10-12)24(22,23)20-14-6-7-14/h2-5,8-10,14,20H,6-7H2,1H3,(H,19,21). The number of halogens is 1. The Hall–Kier alpha value is -2.25. The van der Waals surface area contributed by atoms with Gasteiger partial charge in [0.15, 0.2) is 0 Å². The highest BCUT2D eigenvalue weighted by atomic mass is 32.2. The Morgan fingerprint density at radius 3 is 2.58 bits per heavy atom. The Morgan fingerprint density at radius 2 is 1.92 bits per heavy atom. The molecule has 0 aliphatic heterocycles. The van der Waals surface area contributed by atoms with Crippen LogP contribution in [0.15, 0.2) is 47.4 Å². The highest BCUT2D eigenvalue weighted by Crippen LogP contribution is 2.23. The van der Waals surface area contributed by atoms with E-state index in [0.717, 1.165) is 12.8 Å². The van der Waals surface area contributed by atoms with Gasteiger partial charge < -0.3 is 5.32 Å². The molecule has 0 saturated heterocycles. The summed E-state index contributed by atoms with van der Waals surface area (Å²) in [6, 6.07) is 9.87. The molecule has 1 aliphatic carbocycles. The van der Waals surface area contributed by atoms with Crippen molar-refractivity contribution in [3.05, 3.63) is 59.4 Å². The van der Waals surface area contributed by atoms with E-state index in [-0.39, 0.29) is 22.3 Å². The fourth-order valence-electron chi connectivity index (χ4n) is 2.25. The average molecular weight is 348 g/mol.